The fourth-order valence-electron chi connectivity index (χ4n) is 1.94. The van der Waals surface area contributed by atoms with Gasteiger partial charge in [0.2, 0.25) is 5.91 Å². The van der Waals surface area contributed by atoms with Crippen molar-refractivity contribution in [2.45, 2.75) is 19.8 Å². The lowest BCUT2D eigenvalue weighted by Crippen LogP contribution is -2.31. The lowest BCUT2D eigenvalue weighted by atomic mass is 10.1. The van der Waals surface area contributed by atoms with Crippen LogP contribution in [0.2, 0.25) is 0 Å². The van der Waals surface area contributed by atoms with E-state index >= 15 is 0 Å². The third-order valence-corrected chi connectivity index (χ3v) is 3.71. The lowest BCUT2D eigenvalue weighted by Gasteiger charge is -2.14. The number of rotatable bonds is 3. The Morgan fingerprint density at radius 2 is 2.41 bits per heavy atom. The maximum Gasteiger partial charge on any atom is 0.308 e. The predicted octanol–water partition coefficient (Wildman–Crippen LogP) is 0.927. The van der Waals surface area contributed by atoms with Crippen LogP contribution in [0.5, 0.6) is 0 Å². The zero-order chi connectivity index (χ0) is 12.4. The molecule has 1 amide bonds. The van der Waals surface area contributed by atoms with E-state index in [2.05, 4.69) is 4.98 Å². The van der Waals surface area contributed by atoms with Crippen molar-refractivity contribution < 1.29 is 14.7 Å². The molecule has 0 aliphatic carbocycles. The van der Waals surface area contributed by atoms with Crippen LogP contribution in [-0.2, 0) is 16.0 Å². The normalized spacial score (nSPS) is 19.6. The Bertz CT molecular complexity index is 444. The molecule has 1 aliphatic rings. The number of aromatic nitrogens is 1. The first-order valence-corrected chi connectivity index (χ1v) is 6.36. The molecule has 2 rings (SSSR count). The Hall–Kier alpha value is -1.43. The Labute approximate surface area is 103 Å². The fourth-order valence-corrected chi connectivity index (χ4v) is 2.56. The summed E-state index contributed by atoms with van der Waals surface area (Å²) < 4.78 is 0. The second kappa shape index (κ2) is 4.83. The quantitative estimate of drug-likeness (QED) is 0.871. The van der Waals surface area contributed by atoms with Crippen molar-refractivity contribution >= 4 is 23.2 Å². The van der Waals surface area contributed by atoms with Crippen molar-refractivity contribution in [3.8, 4) is 0 Å². The first-order valence-electron chi connectivity index (χ1n) is 5.48. The van der Waals surface area contributed by atoms with Crippen LogP contribution in [0.1, 0.15) is 17.1 Å². The van der Waals surface area contributed by atoms with E-state index in [9.17, 15) is 9.59 Å². The number of carboxylic acid groups (broad SMARTS) is 1. The molecule has 0 aromatic carbocycles. The molecule has 0 bridgehead atoms. The minimum atomic E-state index is -0.815. The van der Waals surface area contributed by atoms with E-state index in [0.29, 0.717) is 19.5 Å². The number of carbonyl (C=O) groups is 2. The third-order valence-electron chi connectivity index (χ3n) is 2.89. The summed E-state index contributed by atoms with van der Waals surface area (Å²) in [5.74, 6) is -1.25. The van der Waals surface area contributed by atoms with E-state index in [1.165, 1.54) is 11.3 Å². The molecular weight excluding hydrogens is 240 g/mol. The summed E-state index contributed by atoms with van der Waals surface area (Å²) in [4.78, 5) is 28.5. The van der Waals surface area contributed by atoms with Crippen LogP contribution in [0.15, 0.2) is 5.38 Å². The molecule has 1 saturated heterocycles. The first-order chi connectivity index (χ1) is 8.06. The second-order valence-electron chi connectivity index (χ2n) is 4.20. The van der Waals surface area contributed by atoms with Crippen LogP contribution >= 0.6 is 11.3 Å². The molecule has 1 N–H and O–H groups in total. The highest BCUT2D eigenvalue weighted by Crippen LogP contribution is 2.18. The predicted molar refractivity (Wildman–Crippen MR) is 62.9 cm³/mol. The highest BCUT2D eigenvalue weighted by Gasteiger charge is 2.30. The molecule has 1 unspecified atom stereocenters. The van der Waals surface area contributed by atoms with E-state index in [0.717, 1.165) is 10.7 Å². The molecule has 1 atom stereocenters. The number of likely N-dealkylation sites (tertiary alicyclic amines) is 1. The Kier molecular flexibility index (Phi) is 3.42. The molecule has 92 valence electrons. The highest BCUT2D eigenvalue weighted by atomic mass is 32.1. The topological polar surface area (TPSA) is 70.5 Å². The molecule has 1 fully saturated rings. The average Bonchev–Trinajstić information content (AvgIpc) is 2.86. The van der Waals surface area contributed by atoms with Gasteiger partial charge in [0.05, 0.1) is 23.0 Å². The van der Waals surface area contributed by atoms with Gasteiger partial charge in [0.15, 0.2) is 0 Å². The van der Waals surface area contributed by atoms with Crippen molar-refractivity contribution in [2.24, 2.45) is 5.92 Å². The van der Waals surface area contributed by atoms with Crippen LogP contribution < -0.4 is 0 Å². The molecule has 1 aromatic heterocycles. The molecule has 6 heteroatoms. The number of thiazole rings is 1. The molecule has 5 nitrogen and oxygen atoms in total. The number of aryl methyl sites for hydroxylation is 1. The first kappa shape index (κ1) is 12.0. The maximum absolute atomic E-state index is 11.9. The standard InChI is InChI=1S/C11H14N2O3S/c1-7-12-9(6-17-7)4-10(14)13-3-2-8(5-13)11(15)16/h6,8H,2-5H2,1H3,(H,15,16). The minimum Gasteiger partial charge on any atom is -0.481 e. The SMILES string of the molecule is Cc1nc(CC(=O)N2CCC(C(=O)O)C2)cs1. The zero-order valence-electron chi connectivity index (χ0n) is 9.55. The van der Waals surface area contributed by atoms with Gasteiger partial charge in [0, 0.05) is 18.5 Å². The van der Waals surface area contributed by atoms with E-state index < -0.39 is 11.9 Å². The number of hydrogen-bond acceptors (Lipinski definition) is 4. The monoisotopic (exact) mass is 254 g/mol. The van der Waals surface area contributed by atoms with Gasteiger partial charge < -0.3 is 10.0 Å². The van der Waals surface area contributed by atoms with Crippen molar-refractivity contribution in [3.05, 3.63) is 16.1 Å². The van der Waals surface area contributed by atoms with E-state index in [1.54, 1.807) is 4.90 Å². The number of hydrogen-bond donors (Lipinski definition) is 1. The third kappa shape index (κ3) is 2.82. The molecule has 0 spiro atoms. The van der Waals surface area contributed by atoms with Crippen LogP contribution in [0.25, 0.3) is 0 Å². The van der Waals surface area contributed by atoms with Crippen molar-refractivity contribution in [2.75, 3.05) is 13.1 Å². The molecule has 0 saturated carbocycles. The van der Waals surface area contributed by atoms with Gasteiger partial charge in [-0.2, -0.15) is 0 Å². The van der Waals surface area contributed by atoms with Gasteiger partial charge in [0.1, 0.15) is 0 Å². The molecular formula is C11H14N2O3S. The molecule has 1 aromatic rings. The Morgan fingerprint density at radius 1 is 1.65 bits per heavy atom. The van der Waals surface area contributed by atoms with Gasteiger partial charge in [-0.05, 0) is 13.3 Å². The van der Waals surface area contributed by atoms with Crippen molar-refractivity contribution in [1.29, 1.82) is 0 Å². The lowest BCUT2D eigenvalue weighted by molar-refractivity contribution is -0.141. The molecule has 0 radical (unpaired) electrons. The van der Waals surface area contributed by atoms with E-state index in [1.807, 2.05) is 12.3 Å². The van der Waals surface area contributed by atoms with Gasteiger partial charge in [-0.1, -0.05) is 0 Å². The van der Waals surface area contributed by atoms with E-state index in [4.69, 9.17) is 5.11 Å². The smallest absolute Gasteiger partial charge is 0.308 e. The number of carboxylic acids is 1. The zero-order valence-corrected chi connectivity index (χ0v) is 10.4. The summed E-state index contributed by atoms with van der Waals surface area (Å²) in [6, 6.07) is 0. The Morgan fingerprint density at radius 3 is 2.94 bits per heavy atom. The molecule has 2 heterocycles. The maximum atomic E-state index is 11.9. The summed E-state index contributed by atoms with van der Waals surface area (Å²) in [6.07, 6.45) is 0.827. The summed E-state index contributed by atoms with van der Waals surface area (Å²) in [7, 11) is 0. The fraction of sp³-hybridized carbons (Fsp3) is 0.545. The number of amides is 1. The van der Waals surface area contributed by atoms with Gasteiger partial charge >= 0.3 is 5.97 Å². The number of carbonyl (C=O) groups excluding carboxylic acids is 1. The summed E-state index contributed by atoms with van der Waals surface area (Å²) in [5.41, 5.74) is 0.774. The summed E-state index contributed by atoms with van der Waals surface area (Å²) in [5, 5.41) is 11.7. The van der Waals surface area contributed by atoms with Gasteiger partial charge in [-0.25, -0.2) is 4.98 Å². The van der Waals surface area contributed by atoms with Crippen LogP contribution in [-0.4, -0.2) is 40.0 Å². The van der Waals surface area contributed by atoms with Crippen LogP contribution in [0, 0.1) is 12.8 Å². The highest BCUT2D eigenvalue weighted by molar-refractivity contribution is 7.09. The van der Waals surface area contributed by atoms with Crippen LogP contribution in [0.4, 0.5) is 0 Å². The second-order valence-corrected chi connectivity index (χ2v) is 5.26. The van der Waals surface area contributed by atoms with Gasteiger partial charge in [0.25, 0.3) is 0 Å². The molecule has 17 heavy (non-hydrogen) atoms. The average molecular weight is 254 g/mol. The van der Waals surface area contributed by atoms with Crippen molar-refractivity contribution in [3.63, 3.8) is 0 Å². The number of aliphatic carboxylic acids is 1. The van der Waals surface area contributed by atoms with Crippen LogP contribution in [0.3, 0.4) is 0 Å². The number of nitrogens with zero attached hydrogens (tertiary/aromatic N) is 2. The molecule has 1 aliphatic heterocycles. The summed E-state index contributed by atoms with van der Waals surface area (Å²) >= 11 is 1.52. The van der Waals surface area contributed by atoms with Crippen molar-refractivity contribution in [1.82, 2.24) is 9.88 Å². The van der Waals surface area contributed by atoms with Gasteiger partial charge in [-0.15, -0.1) is 11.3 Å². The summed E-state index contributed by atoms with van der Waals surface area (Å²) in [6.45, 7) is 2.77. The van der Waals surface area contributed by atoms with E-state index in [-0.39, 0.29) is 12.3 Å². The minimum absolute atomic E-state index is 0.0287. The Balaban J connectivity index is 1.91. The largest absolute Gasteiger partial charge is 0.481 e. The van der Waals surface area contributed by atoms with Gasteiger partial charge in [-0.3, -0.25) is 9.59 Å².